The third-order valence-electron chi connectivity index (χ3n) is 2.89. The van der Waals surface area contributed by atoms with Crippen molar-refractivity contribution in [1.29, 1.82) is 0 Å². The zero-order chi connectivity index (χ0) is 12.7. The zero-order valence-corrected chi connectivity index (χ0v) is 12.5. The summed E-state index contributed by atoms with van der Waals surface area (Å²) < 4.78 is 6.35. The van der Waals surface area contributed by atoms with E-state index in [0.717, 1.165) is 26.0 Å². The molecule has 0 spiro atoms. The van der Waals surface area contributed by atoms with Crippen molar-refractivity contribution in [2.45, 2.75) is 32.7 Å². The average molecular weight is 300 g/mol. The van der Waals surface area contributed by atoms with E-state index < -0.39 is 0 Å². The molecular formula is C14H22BrNO. The van der Waals surface area contributed by atoms with Crippen LogP contribution >= 0.6 is 15.9 Å². The molecule has 0 saturated heterocycles. The van der Waals surface area contributed by atoms with E-state index in [4.69, 9.17) is 4.74 Å². The highest BCUT2D eigenvalue weighted by atomic mass is 79.9. The predicted molar refractivity (Wildman–Crippen MR) is 76.4 cm³/mol. The van der Waals surface area contributed by atoms with Crippen molar-refractivity contribution < 1.29 is 4.74 Å². The molecule has 1 aromatic rings. The molecule has 0 fully saturated rings. The van der Waals surface area contributed by atoms with E-state index in [1.807, 2.05) is 0 Å². The van der Waals surface area contributed by atoms with E-state index in [2.05, 4.69) is 53.3 Å². The molecule has 17 heavy (non-hydrogen) atoms. The first-order valence-electron chi connectivity index (χ1n) is 6.18. The van der Waals surface area contributed by atoms with Gasteiger partial charge in [-0.05, 0) is 37.4 Å². The molecule has 96 valence electrons. The highest BCUT2D eigenvalue weighted by Gasteiger charge is 2.13. The molecule has 3 heteroatoms. The van der Waals surface area contributed by atoms with Gasteiger partial charge >= 0.3 is 0 Å². The molecule has 0 bridgehead atoms. The molecule has 0 heterocycles. The molecule has 0 radical (unpaired) electrons. The first-order chi connectivity index (χ1) is 8.20. The predicted octanol–water partition coefficient (Wildman–Crippen LogP) is 3.83. The standard InChI is InChI=1S/C14H22BrNO/c1-4-16-13(9-6-10-17-3)12-8-5-7-11(2)14(12)15/h5,7-8,13,16H,4,6,9-10H2,1-3H3. The maximum Gasteiger partial charge on any atom is 0.0462 e. The Morgan fingerprint density at radius 2 is 2.18 bits per heavy atom. The number of ether oxygens (including phenoxy) is 1. The van der Waals surface area contributed by atoms with Gasteiger partial charge in [0.05, 0.1) is 0 Å². The molecule has 1 N–H and O–H groups in total. The lowest BCUT2D eigenvalue weighted by Crippen LogP contribution is -2.21. The van der Waals surface area contributed by atoms with Crippen LogP contribution in [0.15, 0.2) is 22.7 Å². The third-order valence-corrected chi connectivity index (χ3v) is 3.97. The highest BCUT2D eigenvalue weighted by molar-refractivity contribution is 9.10. The van der Waals surface area contributed by atoms with Crippen molar-refractivity contribution in [3.8, 4) is 0 Å². The molecule has 1 atom stereocenters. The number of aryl methyl sites for hydroxylation is 1. The lowest BCUT2D eigenvalue weighted by Gasteiger charge is -2.20. The number of benzene rings is 1. The third kappa shape index (κ3) is 4.41. The van der Waals surface area contributed by atoms with Crippen LogP contribution in [0.25, 0.3) is 0 Å². The Balaban J connectivity index is 2.77. The topological polar surface area (TPSA) is 21.3 Å². The van der Waals surface area contributed by atoms with E-state index in [1.165, 1.54) is 15.6 Å². The first-order valence-corrected chi connectivity index (χ1v) is 6.97. The van der Waals surface area contributed by atoms with E-state index in [1.54, 1.807) is 7.11 Å². The molecule has 1 aromatic carbocycles. The normalized spacial score (nSPS) is 12.7. The van der Waals surface area contributed by atoms with Crippen molar-refractivity contribution in [2.75, 3.05) is 20.3 Å². The van der Waals surface area contributed by atoms with Gasteiger partial charge in [0.25, 0.3) is 0 Å². The minimum Gasteiger partial charge on any atom is -0.385 e. The van der Waals surface area contributed by atoms with Gasteiger partial charge in [0, 0.05) is 24.2 Å². The Kier molecular flexibility index (Phi) is 6.78. The number of nitrogens with one attached hydrogen (secondary N) is 1. The number of hydrogen-bond acceptors (Lipinski definition) is 2. The van der Waals surface area contributed by atoms with Crippen LogP contribution in [0.2, 0.25) is 0 Å². The molecule has 1 rings (SSSR count). The molecule has 0 aliphatic carbocycles. The fourth-order valence-electron chi connectivity index (χ4n) is 1.98. The summed E-state index contributed by atoms with van der Waals surface area (Å²) >= 11 is 3.69. The molecule has 0 aliphatic heterocycles. The monoisotopic (exact) mass is 299 g/mol. The van der Waals surface area contributed by atoms with Gasteiger partial charge in [0.15, 0.2) is 0 Å². The molecule has 0 amide bonds. The minimum absolute atomic E-state index is 0.407. The summed E-state index contributed by atoms with van der Waals surface area (Å²) in [6, 6.07) is 6.85. The fourth-order valence-corrected chi connectivity index (χ4v) is 2.53. The van der Waals surface area contributed by atoms with Gasteiger partial charge in [0.1, 0.15) is 0 Å². The van der Waals surface area contributed by atoms with Crippen LogP contribution in [-0.2, 0) is 4.74 Å². The summed E-state index contributed by atoms with van der Waals surface area (Å²) in [7, 11) is 1.75. The molecule has 0 aromatic heterocycles. The Bertz CT molecular complexity index is 341. The van der Waals surface area contributed by atoms with Gasteiger partial charge in [0.2, 0.25) is 0 Å². The molecule has 0 aliphatic rings. The second-order valence-corrected chi connectivity index (χ2v) is 5.02. The van der Waals surface area contributed by atoms with Gasteiger partial charge in [-0.15, -0.1) is 0 Å². The first kappa shape index (κ1) is 14.7. The van der Waals surface area contributed by atoms with Gasteiger partial charge in [-0.2, -0.15) is 0 Å². The number of hydrogen-bond donors (Lipinski definition) is 1. The highest BCUT2D eigenvalue weighted by Crippen LogP contribution is 2.29. The summed E-state index contributed by atoms with van der Waals surface area (Å²) in [5.74, 6) is 0. The Morgan fingerprint density at radius 3 is 2.82 bits per heavy atom. The van der Waals surface area contributed by atoms with Crippen LogP contribution in [0.1, 0.15) is 36.9 Å². The van der Waals surface area contributed by atoms with Gasteiger partial charge in [-0.1, -0.05) is 41.1 Å². The lowest BCUT2D eigenvalue weighted by atomic mass is 10.0. The number of halogens is 1. The van der Waals surface area contributed by atoms with Crippen LogP contribution in [0.4, 0.5) is 0 Å². The Hall–Kier alpha value is -0.380. The Morgan fingerprint density at radius 1 is 1.41 bits per heavy atom. The summed E-state index contributed by atoms with van der Waals surface area (Å²) in [4.78, 5) is 0. The van der Waals surface area contributed by atoms with Crippen molar-refractivity contribution in [1.82, 2.24) is 5.32 Å². The summed E-state index contributed by atoms with van der Waals surface area (Å²) in [5.41, 5.74) is 2.64. The molecule has 2 nitrogen and oxygen atoms in total. The van der Waals surface area contributed by atoms with Crippen molar-refractivity contribution in [2.24, 2.45) is 0 Å². The number of rotatable bonds is 7. The van der Waals surface area contributed by atoms with Crippen LogP contribution < -0.4 is 5.32 Å². The van der Waals surface area contributed by atoms with E-state index >= 15 is 0 Å². The quantitative estimate of drug-likeness (QED) is 0.773. The SMILES string of the molecule is CCNC(CCCOC)c1cccc(C)c1Br. The van der Waals surface area contributed by atoms with Crippen LogP contribution in [0.5, 0.6) is 0 Å². The van der Waals surface area contributed by atoms with E-state index in [9.17, 15) is 0 Å². The molecule has 0 saturated carbocycles. The summed E-state index contributed by atoms with van der Waals surface area (Å²) in [6.45, 7) is 6.09. The molecular weight excluding hydrogens is 278 g/mol. The summed E-state index contributed by atoms with van der Waals surface area (Å²) in [5, 5.41) is 3.54. The van der Waals surface area contributed by atoms with Gasteiger partial charge < -0.3 is 10.1 Å². The maximum atomic E-state index is 5.12. The molecule has 1 unspecified atom stereocenters. The van der Waals surface area contributed by atoms with Gasteiger partial charge in [-0.25, -0.2) is 0 Å². The van der Waals surface area contributed by atoms with Crippen LogP contribution in [0.3, 0.4) is 0 Å². The van der Waals surface area contributed by atoms with Crippen molar-refractivity contribution in [3.05, 3.63) is 33.8 Å². The van der Waals surface area contributed by atoms with Gasteiger partial charge in [-0.3, -0.25) is 0 Å². The van der Waals surface area contributed by atoms with Crippen LogP contribution in [0, 0.1) is 6.92 Å². The number of methoxy groups -OCH3 is 1. The average Bonchev–Trinajstić information content (AvgIpc) is 2.32. The van der Waals surface area contributed by atoms with E-state index in [-0.39, 0.29) is 0 Å². The summed E-state index contributed by atoms with van der Waals surface area (Å²) in [6.07, 6.45) is 2.18. The largest absolute Gasteiger partial charge is 0.385 e. The second kappa shape index (κ2) is 7.85. The zero-order valence-electron chi connectivity index (χ0n) is 10.9. The smallest absolute Gasteiger partial charge is 0.0462 e. The van der Waals surface area contributed by atoms with E-state index in [0.29, 0.717) is 6.04 Å². The second-order valence-electron chi connectivity index (χ2n) is 4.22. The van der Waals surface area contributed by atoms with Crippen LogP contribution in [-0.4, -0.2) is 20.3 Å². The Labute approximate surface area is 113 Å². The van der Waals surface area contributed by atoms with Crippen molar-refractivity contribution in [3.63, 3.8) is 0 Å². The minimum atomic E-state index is 0.407. The maximum absolute atomic E-state index is 5.12. The lowest BCUT2D eigenvalue weighted by molar-refractivity contribution is 0.189. The van der Waals surface area contributed by atoms with Crippen molar-refractivity contribution >= 4 is 15.9 Å². The fraction of sp³-hybridized carbons (Fsp3) is 0.571.